The molecule has 97 valence electrons. The summed E-state index contributed by atoms with van der Waals surface area (Å²) >= 11 is 2.22. The van der Waals surface area contributed by atoms with E-state index in [9.17, 15) is 4.79 Å². The molecule has 0 fully saturated rings. The van der Waals surface area contributed by atoms with Crippen LogP contribution < -0.4 is 4.90 Å². The van der Waals surface area contributed by atoms with Crippen LogP contribution in [0.15, 0.2) is 54.6 Å². The Hall–Kier alpha value is -1.56. The number of carbonyl (C=O) groups is 1. The van der Waals surface area contributed by atoms with Crippen LogP contribution in [0.5, 0.6) is 0 Å². The smallest absolute Gasteiger partial charge is 0.418 e. The SMILES string of the molecule is [CH2]COC(=O)N(c1ccccc1)c1ccc(I)cc1. The minimum Gasteiger partial charge on any atom is -0.449 e. The first-order valence-corrected chi connectivity index (χ1v) is 6.87. The van der Waals surface area contributed by atoms with E-state index in [0.717, 1.165) is 14.9 Å². The van der Waals surface area contributed by atoms with E-state index in [1.54, 1.807) is 0 Å². The maximum Gasteiger partial charge on any atom is 0.418 e. The zero-order chi connectivity index (χ0) is 13.7. The van der Waals surface area contributed by atoms with Crippen molar-refractivity contribution in [1.82, 2.24) is 0 Å². The van der Waals surface area contributed by atoms with Gasteiger partial charge in [0.15, 0.2) is 0 Å². The molecular weight excluding hydrogens is 353 g/mol. The highest BCUT2D eigenvalue weighted by Gasteiger charge is 2.18. The van der Waals surface area contributed by atoms with Crippen molar-refractivity contribution in [3.63, 3.8) is 0 Å². The Labute approximate surface area is 126 Å². The fraction of sp³-hybridized carbons (Fsp3) is 0.0667. The van der Waals surface area contributed by atoms with E-state index in [1.165, 1.54) is 4.90 Å². The number of anilines is 2. The number of nitrogens with zero attached hydrogens (tertiary/aromatic N) is 1. The Balaban J connectivity index is 2.40. The maximum absolute atomic E-state index is 12.1. The van der Waals surface area contributed by atoms with Crippen LogP contribution in [0.1, 0.15) is 0 Å². The molecule has 2 aromatic carbocycles. The van der Waals surface area contributed by atoms with Gasteiger partial charge in [-0.05, 0) is 65.9 Å². The molecule has 0 saturated heterocycles. The fourth-order valence-corrected chi connectivity index (χ4v) is 2.04. The molecule has 0 bridgehead atoms. The molecule has 2 rings (SSSR count). The minimum atomic E-state index is -0.428. The summed E-state index contributed by atoms with van der Waals surface area (Å²) in [4.78, 5) is 13.6. The minimum absolute atomic E-state index is 0.104. The molecule has 0 saturated carbocycles. The molecule has 0 heterocycles. The highest BCUT2D eigenvalue weighted by molar-refractivity contribution is 14.1. The van der Waals surface area contributed by atoms with Crippen LogP contribution >= 0.6 is 22.6 Å². The molecule has 0 aliphatic heterocycles. The van der Waals surface area contributed by atoms with Crippen LogP contribution in [0, 0.1) is 10.5 Å². The van der Waals surface area contributed by atoms with E-state index >= 15 is 0 Å². The molecule has 19 heavy (non-hydrogen) atoms. The highest BCUT2D eigenvalue weighted by Crippen LogP contribution is 2.26. The number of benzene rings is 2. The standard InChI is InChI=1S/C15H13INO2/c1-2-19-15(18)17(13-6-4-3-5-7-13)14-10-8-12(16)9-11-14/h3-11H,1-2H2. The van der Waals surface area contributed by atoms with E-state index in [-0.39, 0.29) is 6.61 Å². The molecule has 4 heteroatoms. The lowest BCUT2D eigenvalue weighted by atomic mass is 10.2. The number of halogens is 1. The van der Waals surface area contributed by atoms with Gasteiger partial charge in [0.25, 0.3) is 0 Å². The summed E-state index contributed by atoms with van der Waals surface area (Å²) in [5, 5.41) is 0. The highest BCUT2D eigenvalue weighted by atomic mass is 127. The van der Waals surface area contributed by atoms with Gasteiger partial charge in [-0.25, -0.2) is 9.69 Å². The lowest BCUT2D eigenvalue weighted by Gasteiger charge is -2.22. The van der Waals surface area contributed by atoms with Crippen molar-refractivity contribution in [3.05, 3.63) is 65.1 Å². The normalized spacial score (nSPS) is 10.0. The van der Waals surface area contributed by atoms with Crippen molar-refractivity contribution in [1.29, 1.82) is 0 Å². The summed E-state index contributed by atoms with van der Waals surface area (Å²) in [5.41, 5.74) is 1.53. The Morgan fingerprint density at radius 2 is 1.63 bits per heavy atom. The second-order valence-corrected chi connectivity index (χ2v) is 5.01. The monoisotopic (exact) mass is 366 g/mol. The van der Waals surface area contributed by atoms with Gasteiger partial charge in [0, 0.05) is 3.57 Å². The lowest BCUT2D eigenvalue weighted by Crippen LogP contribution is -2.26. The van der Waals surface area contributed by atoms with Crippen molar-refractivity contribution in [3.8, 4) is 0 Å². The van der Waals surface area contributed by atoms with Crippen molar-refractivity contribution in [2.24, 2.45) is 0 Å². The summed E-state index contributed by atoms with van der Waals surface area (Å²) in [6, 6.07) is 17.1. The van der Waals surface area contributed by atoms with Gasteiger partial charge in [-0.1, -0.05) is 18.2 Å². The Morgan fingerprint density at radius 3 is 2.21 bits per heavy atom. The summed E-state index contributed by atoms with van der Waals surface area (Å²) in [7, 11) is 0. The summed E-state index contributed by atoms with van der Waals surface area (Å²) in [6.45, 7) is 3.64. The lowest BCUT2D eigenvalue weighted by molar-refractivity contribution is 0.168. The number of hydrogen-bond acceptors (Lipinski definition) is 2. The first kappa shape index (κ1) is 13.9. The van der Waals surface area contributed by atoms with Gasteiger partial charge in [-0.3, -0.25) is 0 Å². The number of rotatable bonds is 3. The Kier molecular flexibility index (Phi) is 4.79. The van der Waals surface area contributed by atoms with Gasteiger partial charge in [-0.15, -0.1) is 0 Å². The molecule has 2 aromatic rings. The van der Waals surface area contributed by atoms with Crippen molar-refractivity contribution < 1.29 is 9.53 Å². The number of amides is 1. The molecular formula is C15H13INO2. The molecule has 1 amide bonds. The number of hydrogen-bond donors (Lipinski definition) is 0. The third-order valence-electron chi connectivity index (χ3n) is 2.51. The second-order valence-electron chi connectivity index (χ2n) is 3.76. The van der Waals surface area contributed by atoms with Gasteiger partial charge in [0.1, 0.15) is 0 Å². The van der Waals surface area contributed by atoms with Crippen LogP contribution in [-0.2, 0) is 4.74 Å². The van der Waals surface area contributed by atoms with Gasteiger partial charge >= 0.3 is 6.09 Å². The first-order valence-electron chi connectivity index (χ1n) is 5.79. The first-order chi connectivity index (χ1) is 9.22. The second kappa shape index (κ2) is 6.56. The number of ether oxygens (including phenoxy) is 1. The summed E-state index contributed by atoms with van der Waals surface area (Å²) < 4.78 is 6.13. The Bertz CT molecular complexity index is 540. The van der Waals surface area contributed by atoms with Gasteiger partial charge in [-0.2, -0.15) is 0 Å². The average Bonchev–Trinajstić information content (AvgIpc) is 2.43. The molecule has 1 radical (unpaired) electrons. The van der Waals surface area contributed by atoms with Crippen LogP contribution in [0.25, 0.3) is 0 Å². The summed E-state index contributed by atoms with van der Waals surface area (Å²) in [5.74, 6) is 0. The van der Waals surface area contributed by atoms with Crippen LogP contribution in [0.3, 0.4) is 0 Å². The van der Waals surface area contributed by atoms with Crippen LogP contribution in [0.4, 0.5) is 16.2 Å². The quantitative estimate of drug-likeness (QED) is 0.754. The van der Waals surface area contributed by atoms with Crippen molar-refractivity contribution in [2.45, 2.75) is 0 Å². The molecule has 0 unspecified atom stereocenters. The predicted octanol–water partition coefficient (Wildman–Crippen LogP) is 4.40. The van der Waals surface area contributed by atoms with E-state index in [4.69, 9.17) is 4.74 Å². The number of para-hydroxylation sites is 1. The van der Waals surface area contributed by atoms with Gasteiger partial charge in [0.05, 0.1) is 18.0 Å². The molecule has 0 spiro atoms. The molecule has 0 N–H and O–H groups in total. The van der Waals surface area contributed by atoms with E-state index in [0.29, 0.717) is 0 Å². The zero-order valence-electron chi connectivity index (χ0n) is 10.3. The zero-order valence-corrected chi connectivity index (χ0v) is 12.4. The van der Waals surface area contributed by atoms with Crippen LogP contribution in [-0.4, -0.2) is 12.7 Å². The molecule has 0 atom stereocenters. The average molecular weight is 366 g/mol. The topological polar surface area (TPSA) is 29.5 Å². The molecule has 0 aliphatic carbocycles. The van der Waals surface area contributed by atoms with Crippen molar-refractivity contribution in [2.75, 3.05) is 11.5 Å². The van der Waals surface area contributed by atoms with Crippen LogP contribution in [0.2, 0.25) is 0 Å². The molecule has 3 nitrogen and oxygen atoms in total. The Morgan fingerprint density at radius 1 is 1.05 bits per heavy atom. The third-order valence-corrected chi connectivity index (χ3v) is 3.23. The van der Waals surface area contributed by atoms with E-state index in [2.05, 4.69) is 29.5 Å². The van der Waals surface area contributed by atoms with E-state index < -0.39 is 6.09 Å². The number of carbonyl (C=O) groups excluding carboxylic acids is 1. The largest absolute Gasteiger partial charge is 0.449 e. The molecule has 0 aromatic heterocycles. The fourth-order valence-electron chi connectivity index (χ4n) is 1.68. The van der Waals surface area contributed by atoms with E-state index in [1.807, 2.05) is 54.6 Å². The van der Waals surface area contributed by atoms with Crippen molar-refractivity contribution >= 4 is 40.1 Å². The third kappa shape index (κ3) is 3.47. The van der Waals surface area contributed by atoms with Gasteiger partial charge in [0.2, 0.25) is 0 Å². The molecule has 0 aliphatic rings. The predicted molar refractivity (Wildman–Crippen MR) is 84.4 cm³/mol. The summed E-state index contributed by atoms with van der Waals surface area (Å²) in [6.07, 6.45) is -0.428. The maximum atomic E-state index is 12.1. The van der Waals surface area contributed by atoms with Gasteiger partial charge < -0.3 is 4.74 Å².